The van der Waals surface area contributed by atoms with Gasteiger partial charge in [0.25, 0.3) is 0 Å². The topological polar surface area (TPSA) is 41.1 Å². The number of nitrogens with one attached hydrogen (secondary N) is 2. The van der Waals surface area contributed by atoms with Crippen LogP contribution in [0.1, 0.15) is 44.2 Å². The quantitative estimate of drug-likeness (QED) is 0.862. The molecule has 0 aliphatic heterocycles. The van der Waals surface area contributed by atoms with Crippen LogP contribution in [0.5, 0.6) is 0 Å². The summed E-state index contributed by atoms with van der Waals surface area (Å²) in [5, 5.41) is 6.62. The molecule has 18 heavy (non-hydrogen) atoms. The van der Waals surface area contributed by atoms with Crippen molar-refractivity contribution in [3.8, 4) is 0 Å². The standard InChI is InChI=1S/C14H19ClN2O/c1-10(12-8-4-5-9-13(12)15)16-14(18)17-11-6-2-3-7-11/h4-5,8-11H,2-3,6-7H2,1H3,(H2,16,17,18)/t10-/m0/s1. The Bertz CT molecular complexity index is 416. The van der Waals surface area contributed by atoms with Crippen molar-refractivity contribution >= 4 is 17.6 Å². The molecule has 0 saturated heterocycles. The van der Waals surface area contributed by atoms with Gasteiger partial charge in [-0.05, 0) is 31.4 Å². The lowest BCUT2D eigenvalue weighted by molar-refractivity contribution is 0.234. The van der Waals surface area contributed by atoms with Crippen LogP contribution in [-0.4, -0.2) is 12.1 Å². The highest BCUT2D eigenvalue weighted by Crippen LogP contribution is 2.22. The second-order valence-corrected chi connectivity index (χ2v) is 5.25. The predicted molar refractivity (Wildman–Crippen MR) is 73.8 cm³/mol. The maximum Gasteiger partial charge on any atom is 0.315 e. The first-order chi connectivity index (χ1) is 8.66. The third kappa shape index (κ3) is 3.39. The summed E-state index contributed by atoms with van der Waals surface area (Å²) < 4.78 is 0. The Kier molecular flexibility index (Phi) is 4.48. The summed E-state index contributed by atoms with van der Waals surface area (Å²) in [6, 6.07) is 7.73. The molecule has 1 aromatic rings. The maximum atomic E-state index is 11.8. The van der Waals surface area contributed by atoms with E-state index in [0.29, 0.717) is 11.1 Å². The van der Waals surface area contributed by atoms with Crippen LogP contribution in [0, 0.1) is 0 Å². The van der Waals surface area contributed by atoms with E-state index in [1.54, 1.807) is 0 Å². The second kappa shape index (κ2) is 6.10. The van der Waals surface area contributed by atoms with Gasteiger partial charge in [-0.15, -0.1) is 0 Å². The van der Waals surface area contributed by atoms with Gasteiger partial charge < -0.3 is 10.6 Å². The molecule has 1 fully saturated rings. The second-order valence-electron chi connectivity index (χ2n) is 4.84. The van der Waals surface area contributed by atoms with E-state index >= 15 is 0 Å². The van der Waals surface area contributed by atoms with Gasteiger partial charge in [-0.1, -0.05) is 42.6 Å². The number of urea groups is 1. The first-order valence-electron chi connectivity index (χ1n) is 6.48. The average Bonchev–Trinajstić information content (AvgIpc) is 2.82. The molecule has 1 saturated carbocycles. The van der Waals surface area contributed by atoms with Crippen LogP contribution in [0.4, 0.5) is 4.79 Å². The largest absolute Gasteiger partial charge is 0.335 e. The van der Waals surface area contributed by atoms with E-state index in [-0.39, 0.29) is 12.1 Å². The zero-order valence-electron chi connectivity index (χ0n) is 10.6. The molecule has 4 heteroatoms. The smallest absolute Gasteiger partial charge is 0.315 e. The summed E-state index contributed by atoms with van der Waals surface area (Å²) in [4.78, 5) is 11.8. The van der Waals surface area contributed by atoms with E-state index < -0.39 is 0 Å². The summed E-state index contributed by atoms with van der Waals surface area (Å²) in [7, 11) is 0. The molecule has 0 bridgehead atoms. The van der Waals surface area contributed by atoms with E-state index in [4.69, 9.17) is 11.6 Å². The van der Waals surface area contributed by atoms with E-state index in [9.17, 15) is 4.79 Å². The first kappa shape index (κ1) is 13.2. The average molecular weight is 267 g/mol. The number of hydrogen-bond donors (Lipinski definition) is 2. The number of rotatable bonds is 3. The van der Waals surface area contributed by atoms with Crippen molar-refractivity contribution in [3.63, 3.8) is 0 Å². The van der Waals surface area contributed by atoms with Crippen LogP contribution in [-0.2, 0) is 0 Å². The third-order valence-electron chi connectivity index (χ3n) is 3.41. The molecule has 0 radical (unpaired) electrons. The summed E-state index contributed by atoms with van der Waals surface area (Å²) in [6.07, 6.45) is 4.61. The molecular weight excluding hydrogens is 248 g/mol. The fourth-order valence-corrected chi connectivity index (χ4v) is 2.70. The lowest BCUT2D eigenvalue weighted by Crippen LogP contribution is -2.41. The molecular formula is C14H19ClN2O. The monoisotopic (exact) mass is 266 g/mol. The highest BCUT2D eigenvalue weighted by molar-refractivity contribution is 6.31. The lowest BCUT2D eigenvalue weighted by atomic mass is 10.1. The highest BCUT2D eigenvalue weighted by Gasteiger charge is 2.18. The van der Waals surface area contributed by atoms with Gasteiger partial charge in [-0.3, -0.25) is 0 Å². The molecule has 1 atom stereocenters. The van der Waals surface area contributed by atoms with Gasteiger partial charge in [0.15, 0.2) is 0 Å². The Morgan fingerprint density at radius 1 is 1.33 bits per heavy atom. The maximum absolute atomic E-state index is 11.8. The minimum atomic E-state index is -0.102. The number of hydrogen-bond acceptors (Lipinski definition) is 1. The van der Waals surface area contributed by atoms with Crippen LogP contribution >= 0.6 is 11.6 Å². The summed E-state index contributed by atoms with van der Waals surface area (Å²) in [5.74, 6) is 0. The van der Waals surface area contributed by atoms with Crippen LogP contribution in [0.15, 0.2) is 24.3 Å². The van der Waals surface area contributed by atoms with Gasteiger partial charge in [-0.2, -0.15) is 0 Å². The molecule has 2 N–H and O–H groups in total. The fraction of sp³-hybridized carbons (Fsp3) is 0.500. The van der Waals surface area contributed by atoms with E-state index in [0.717, 1.165) is 18.4 Å². The Hall–Kier alpha value is -1.22. The number of halogens is 1. The SMILES string of the molecule is C[C@H](NC(=O)NC1CCCC1)c1ccccc1Cl. The molecule has 1 aromatic carbocycles. The molecule has 3 nitrogen and oxygen atoms in total. The van der Waals surface area contributed by atoms with Gasteiger partial charge in [0.05, 0.1) is 6.04 Å². The summed E-state index contributed by atoms with van der Waals surface area (Å²) in [5.41, 5.74) is 0.945. The predicted octanol–water partition coefficient (Wildman–Crippen LogP) is 3.64. The lowest BCUT2D eigenvalue weighted by Gasteiger charge is -2.18. The number of carbonyl (C=O) groups is 1. The van der Waals surface area contributed by atoms with Crippen molar-refractivity contribution in [2.75, 3.05) is 0 Å². The molecule has 98 valence electrons. The van der Waals surface area contributed by atoms with E-state index in [1.807, 2.05) is 31.2 Å². The van der Waals surface area contributed by atoms with Gasteiger partial charge in [0.1, 0.15) is 0 Å². The van der Waals surface area contributed by atoms with Crippen LogP contribution in [0.25, 0.3) is 0 Å². The van der Waals surface area contributed by atoms with Crippen molar-refractivity contribution in [1.82, 2.24) is 10.6 Å². The number of benzene rings is 1. The van der Waals surface area contributed by atoms with Crippen molar-refractivity contribution < 1.29 is 4.79 Å². The van der Waals surface area contributed by atoms with Gasteiger partial charge in [0.2, 0.25) is 0 Å². The summed E-state index contributed by atoms with van der Waals surface area (Å²) >= 11 is 6.10. The normalized spacial score (nSPS) is 17.4. The summed E-state index contributed by atoms with van der Waals surface area (Å²) in [6.45, 7) is 1.94. The number of amides is 2. The molecule has 0 spiro atoms. The Balaban J connectivity index is 1.88. The molecule has 0 aromatic heterocycles. The number of carbonyl (C=O) groups excluding carboxylic acids is 1. The minimum absolute atomic E-state index is 0.0832. The molecule has 2 rings (SSSR count). The van der Waals surface area contributed by atoms with Gasteiger partial charge in [-0.25, -0.2) is 4.79 Å². The van der Waals surface area contributed by atoms with Crippen LogP contribution in [0.2, 0.25) is 5.02 Å². The fourth-order valence-electron chi connectivity index (χ4n) is 2.40. The van der Waals surface area contributed by atoms with Crippen molar-refractivity contribution in [2.45, 2.75) is 44.7 Å². The van der Waals surface area contributed by atoms with Gasteiger partial charge >= 0.3 is 6.03 Å². The van der Waals surface area contributed by atoms with E-state index in [1.165, 1.54) is 12.8 Å². The highest BCUT2D eigenvalue weighted by atomic mass is 35.5. The van der Waals surface area contributed by atoms with E-state index in [2.05, 4.69) is 10.6 Å². The molecule has 2 amide bonds. The first-order valence-corrected chi connectivity index (χ1v) is 6.86. The molecule has 0 unspecified atom stereocenters. The molecule has 0 heterocycles. The zero-order chi connectivity index (χ0) is 13.0. The Morgan fingerprint density at radius 3 is 2.67 bits per heavy atom. The van der Waals surface area contributed by atoms with Crippen molar-refractivity contribution in [1.29, 1.82) is 0 Å². The van der Waals surface area contributed by atoms with Crippen LogP contribution < -0.4 is 10.6 Å². The van der Waals surface area contributed by atoms with Crippen molar-refractivity contribution in [2.24, 2.45) is 0 Å². The molecule has 1 aliphatic rings. The van der Waals surface area contributed by atoms with Crippen LogP contribution in [0.3, 0.4) is 0 Å². The minimum Gasteiger partial charge on any atom is -0.335 e. The van der Waals surface area contributed by atoms with Crippen molar-refractivity contribution in [3.05, 3.63) is 34.9 Å². The van der Waals surface area contributed by atoms with Gasteiger partial charge in [0, 0.05) is 11.1 Å². The Labute approximate surface area is 113 Å². The molecule has 1 aliphatic carbocycles. The third-order valence-corrected chi connectivity index (χ3v) is 3.75. The zero-order valence-corrected chi connectivity index (χ0v) is 11.3. The Morgan fingerprint density at radius 2 is 2.00 bits per heavy atom.